The van der Waals surface area contributed by atoms with Gasteiger partial charge in [-0.15, -0.1) is 11.8 Å². The minimum absolute atomic E-state index is 0.136. The third kappa shape index (κ3) is 5.35. The van der Waals surface area contributed by atoms with Gasteiger partial charge in [-0.1, -0.05) is 0 Å². The number of rotatable bonds is 7. The minimum atomic E-state index is -3.72. The van der Waals surface area contributed by atoms with Crippen molar-refractivity contribution in [3.05, 3.63) is 54.2 Å². The number of anilines is 1. The van der Waals surface area contributed by atoms with Gasteiger partial charge in [0.1, 0.15) is 5.75 Å². The second kappa shape index (κ2) is 10.3. The van der Waals surface area contributed by atoms with E-state index in [0.717, 1.165) is 21.4 Å². The number of amides is 1. The SMILES string of the molecule is COc1ccc2nccc([C@@H](O)CN3CCC(NS(=O)(=O)c4ccc5c(c4)NC(=O)CS5)CC3)c2c1. The molecule has 3 heterocycles. The number of nitrogens with zero attached hydrogens (tertiary/aromatic N) is 2. The Hall–Kier alpha value is -2.70. The standard InChI is InChI=1S/C25H28N4O5S2/c1-34-17-2-4-21-20(12-17)19(6-9-26-21)23(30)14-29-10-7-16(8-11-29)28-36(32,33)18-3-5-24-22(13-18)27-25(31)15-35-24/h2-6,9,12-13,16,23,28,30H,7-8,10-11,14-15H2,1H3,(H,27,31)/t23-/m0/s1. The number of nitrogens with one attached hydrogen (secondary N) is 2. The molecule has 2 aliphatic rings. The van der Waals surface area contributed by atoms with Crippen LogP contribution in [0.2, 0.25) is 0 Å². The number of piperidine rings is 1. The van der Waals surface area contributed by atoms with E-state index in [-0.39, 0.29) is 16.8 Å². The van der Waals surface area contributed by atoms with Gasteiger partial charge in [0.15, 0.2) is 0 Å². The molecule has 11 heteroatoms. The lowest BCUT2D eigenvalue weighted by Gasteiger charge is -2.33. The fourth-order valence-electron chi connectivity index (χ4n) is 4.66. The van der Waals surface area contributed by atoms with Crippen molar-refractivity contribution in [3.63, 3.8) is 0 Å². The molecule has 1 atom stereocenters. The Bertz CT molecular complexity index is 1390. The first kappa shape index (κ1) is 25.0. The van der Waals surface area contributed by atoms with Crippen molar-refractivity contribution >= 4 is 44.3 Å². The molecular formula is C25H28N4O5S2. The number of aromatic nitrogens is 1. The van der Waals surface area contributed by atoms with E-state index < -0.39 is 16.1 Å². The first-order valence-corrected chi connectivity index (χ1v) is 14.2. The number of hydrogen-bond donors (Lipinski definition) is 3. The van der Waals surface area contributed by atoms with Crippen molar-refractivity contribution in [1.29, 1.82) is 0 Å². The van der Waals surface area contributed by atoms with Gasteiger partial charge >= 0.3 is 0 Å². The highest BCUT2D eigenvalue weighted by Crippen LogP contribution is 2.33. The molecule has 1 saturated heterocycles. The predicted octanol–water partition coefficient (Wildman–Crippen LogP) is 2.76. The molecule has 2 aliphatic heterocycles. The van der Waals surface area contributed by atoms with Gasteiger partial charge in [-0.2, -0.15) is 0 Å². The Morgan fingerprint density at radius 2 is 2.03 bits per heavy atom. The van der Waals surface area contributed by atoms with Gasteiger partial charge < -0.3 is 20.1 Å². The van der Waals surface area contributed by atoms with Crippen LogP contribution in [0.5, 0.6) is 5.75 Å². The molecule has 190 valence electrons. The van der Waals surface area contributed by atoms with Crippen LogP contribution >= 0.6 is 11.8 Å². The molecule has 0 unspecified atom stereocenters. The molecule has 0 spiro atoms. The summed E-state index contributed by atoms with van der Waals surface area (Å²) < 4.78 is 34.1. The Kier molecular flexibility index (Phi) is 7.18. The van der Waals surface area contributed by atoms with Crippen LogP contribution in [0.15, 0.2) is 58.5 Å². The van der Waals surface area contributed by atoms with Crippen LogP contribution in [-0.4, -0.2) is 67.9 Å². The van der Waals surface area contributed by atoms with Crippen molar-refractivity contribution in [3.8, 4) is 5.75 Å². The highest BCUT2D eigenvalue weighted by Gasteiger charge is 2.27. The number of benzene rings is 2. The molecule has 0 aliphatic carbocycles. The maximum absolute atomic E-state index is 13.0. The van der Waals surface area contributed by atoms with Gasteiger partial charge in [0.05, 0.1) is 35.1 Å². The summed E-state index contributed by atoms with van der Waals surface area (Å²) in [5, 5.41) is 14.6. The third-order valence-electron chi connectivity index (χ3n) is 6.58. The van der Waals surface area contributed by atoms with Crippen molar-refractivity contribution in [1.82, 2.24) is 14.6 Å². The molecule has 0 saturated carbocycles. The van der Waals surface area contributed by atoms with Crippen LogP contribution in [-0.2, 0) is 14.8 Å². The molecule has 3 aromatic rings. The van der Waals surface area contributed by atoms with E-state index in [1.54, 1.807) is 25.4 Å². The van der Waals surface area contributed by atoms with Gasteiger partial charge in [-0.3, -0.25) is 9.78 Å². The highest BCUT2D eigenvalue weighted by atomic mass is 32.2. The molecular weight excluding hydrogens is 500 g/mol. The summed E-state index contributed by atoms with van der Waals surface area (Å²) in [6, 6.07) is 12.0. The second-order valence-corrected chi connectivity index (χ2v) is 11.7. The molecule has 0 bridgehead atoms. The molecule has 36 heavy (non-hydrogen) atoms. The van der Waals surface area contributed by atoms with Crippen LogP contribution in [0.4, 0.5) is 5.69 Å². The maximum Gasteiger partial charge on any atom is 0.240 e. The molecule has 1 fully saturated rings. The van der Waals surface area contributed by atoms with E-state index in [4.69, 9.17) is 4.74 Å². The average molecular weight is 529 g/mol. The van der Waals surface area contributed by atoms with E-state index in [1.807, 2.05) is 24.3 Å². The Balaban J connectivity index is 1.20. The second-order valence-electron chi connectivity index (χ2n) is 8.99. The number of hydrogen-bond acceptors (Lipinski definition) is 8. The maximum atomic E-state index is 13.0. The number of pyridine rings is 1. The number of likely N-dealkylation sites (tertiary alicyclic amines) is 1. The molecule has 0 radical (unpaired) electrons. The molecule has 9 nitrogen and oxygen atoms in total. The number of methoxy groups -OCH3 is 1. The molecule has 1 amide bonds. The van der Waals surface area contributed by atoms with Crippen LogP contribution in [0.25, 0.3) is 10.9 Å². The van der Waals surface area contributed by atoms with Crippen LogP contribution in [0, 0.1) is 0 Å². The largest absolute Gasteiger partial charge is 0.497 e. The number of sulfonamides is 1. The van der Waals surface area contributed by atoms with Crippen molar-refractivity contribution in [2.24, 2.45) is 0 Å². The summed E-state index contributed by atoms with van der Waals surface area (Å²) in [4.78, 5) is 19.2. The molecule has 2 aromatic carbocycles. The van der Waals surface area contributed by atoms with Crippen LogP contribution in [0.1, 0.15) is 24.5 Å². The Morgan fingerprint density at radius 1 is 1.22 bits per heavy atom. The smallest absolute Gasteiger partial charge is 0.240 e. The predicted molar refractivity (Wildman–Crippen MR) is 139 cm³/mol. The zero-order chi connectivity index (χ0) is 25.3. The van der Waals surface area contributed by atoms with Crippen molar-refractivity contribution in [2.75, 3.05) is 37.8 Å². The van der Waals surface area contributed by atoms with E-state index in [9.17, 15) is 18.3 Å². The number of fused-ring (bicyclic) bond motifs is 2. The number of thioether (sulfide) groups is 1. The van der Waals surface area contributed by atoms with Crippen LogP contribution in [0.3, 0.4) is 0 Å². The molecule has 1 aromatic heterocycles. The quantitative estimate of drug-likeness (QED) is 0.428. The van der Waals surface area contributed by atoms with Crippen LogP contribution < -0.4 is 14.8 Å². The monoisotopic (exact) mass is 528 g/mol. The Morgan fingerprint density at radius 3 is 2.81 bits per heavy atom. The van der Waals surface area contributed by atoms with E-state index in [1.165, 1.54) is 17.8 Å². The number of aliphatic hydroxyl groups is 1. The average Bonchev–Trinajstić information content (AvgIpc) is 2.88. The third-order valence-corrected chi connectivity index (χ3v) is 9.17. The zero-order valence-corrected chi connectivity index (χ0v) is 21.4. The van der Waals surface area contributed by atoms with Crippen molar-refractivity contribution < 1.29 is 23.1 Å². The molecule has 3 N–H and O–H groups in total. The number of carbonyl (C=O) groups excluding carboxylic acids is 1. The first-order chi connectivity index (χ1) is 17.3. The van der Waals surface area contributed by atoms with Gasteiger partial charge in [-0.25, -0.2) is 13.1 Å². The summed E-state index contributed by atoms with van der Waals surface area (Å²) in [5.41, 5.74) is 2.12. The number of carbonyl (C=O) groups is 1. The fourth-order valence-corrected chi connectivity index (χ4v) is 6.78. The van der Waals surface area contributed by atoms with Gasteiger partial charge in [0.2, 0.25) is 15.9 Å². The van der Waals surface area contributed by atoms with Crippen molar-refractivity contribution in [2.45, 2.75) is 34.8 Å². The van der Waals surface area contributed by atoms with Gasteiger partial charge in [0.25, 0.3) is 0 Å². The van der Waals surface area contributed by atoms with E-state index >= 15 is 0 Å². The van der Waals surface area contributed by atoms with E-state index in [0.29, 0.717) is 49.7 Å². The summed E-state index contributed by atoms with van der Waals surface area (Å²) in [7, 11) is -2.12. The lowest BCUT2D eigenvalue weighted by molar-refractivity contribution is -0.113. The summed E-state index contributed by atoms with van der Waals surface area (Å²) in [6.07, 6.45) is 2.25. The topological polar surface area (TPSA) is 121 Å². The lowest BCUT2D eigenvalue weighted by Crippen LogP contribution is -2.45. The Labute approximate surface area is 214 Å². The summed E-state index contributed by atoms with van der Waals surface area (Å²) in [5.74, 6) is 0.900. The zero-order valence-electron chi connectivity index (χ0n) is 19.8. The normalized spacial score (nSPS) is 18.0. The minimum Gasteiger partial charge on any atom is -0.497 e. The first-order valence-electron chi connectivity index (χ1n) is 11.7. The lowest BCUT2D eigenvalue weighted by atomic mass is 10.0. The van der Waals surface area contributed by atoms with E-state index in [2.05, 4.69) is 19.9 Å². The number of ether oxygens (including phenoxy) is 1. The number of β-amino-alcohol motifs (C(OH)–C–C–N with tert-alkyl or cyclic N) is 1. The van der Waals surface area contributed by atoms with Gasteiger partial charge in [0, 0.05) is 29.1 Å². The van der Waals surface area contributed by atoms with Gasteiger partial charge in [-0.05, 0) is 74.0 Å². The number of aliphatic hydroxyl groups excluding tert-OH is 1. The fraction of sp³-hybridized carbons (Fsp3) is 0.360. The summed E-state index contributed by atoms with van der Waals surface area (Å²) in [6.45, 7) is 1.76. The summed E-state index contributed by atoms with van der Waals surface area (Å²) >= 11 is 1.39. The highest BCUT2D eigenvalue weighted by molar-refractivity contribution is 8.00. The molecule has 5 rings (SSSR count).